The highest BCUT2D eigenvalue weighted by molar-refractivity contribution is 5.93. The number of likely N-dealkylation sites (tertiary alicyclic amines) is 1. The topological polar surface area (TPSA) is 49.4 Å². The number of nitrogens with one attached hydrogen (secondary N) is 1. The molecule has 0 aliphatic carbocycles. The molecule has 1 N–H and O–H groups in total. The van der Waals surface area contributed by atoms with E-state index in [1.807, 2.05) is 0 Å². The zero-order chi connectivity index (χ0) is 14.7. The van der Waals surface area contributed by atoms with Crippen LogP contribution in [0.25, 0.3) is 0 Å². The van der Waals surface area contributed by atoms with Gasteiger partial charge in [-0.05, 0) is 25.0 Å². The SMILES string of the molecule is CC(=O)N1CCCC(C(=O)Nc2c(F)cccc2F)C1. The summed E-state index contributed by atoms with van der Waals surface area (Å²) in [6, 6.07) is 3.40. The normalized spacial score (nSPS) is 18.8. The largest absolute Gasteiger partial charge is 0.342 e. The summed E-state index contributed by atoms with van der Waals surface area (Å²) in [5, 5.41) is 2.28. The van der Waals surface area contributed by atoms with E-state index in [1.165, 1.54) is 13.0 Å². The molecule has 108 valence electrons. The molecule has 1 unspecified atom stereocenters. The Labute approximate surface area is 115 Å². The van der Waals surface area contributed by atoms with Gasteiger partial charge in [-0.1, -0.05) is 6.07 Å². The molecular weight excluding hydrogens is 266 g/mol. The Morgan fingerprint density at radius 1 is 1.30 bits per heavy atom. The van der Waals surface area contributed by atoms with E-state index in [0.29, 0.717) is 19.4 Å². The Bertz CT molecular complexity index is 514. The Morgan fingerprint density at radius 2 is 1.95 bits per heavy atom. The van der Waals surface area contributed by atoms with Crippen LogP contribution in [0.3, 0.4) is 0 Å². The molecule has 1 heterocycles. The summed E-state index contributed by atoms with van der Waals surface area (Å²) in [4.78, 5) is 24.9. The Kier molecular flexibility index (Phi) is 4.32. The second-order valence-corrected chi connectivity index (χ2v) is 4.89. The van der Waals surface area contributed by atoms with Crippen molar-refractivity contribution in [1.82, 2.24) is 4.90 Å². The van der Waals surface area contributed by atoms with E-state index in [4.69, 9.17) is 0 Å². The lowest BCUT2D eigenvalue weighted by Gasteiger charge is -2.31. The van der Waals surface area contributed by atoms with Crippen LogP contribution in [0.4, 0.5) is 14.5 Å². The van der Waals surface area contributed by atoms with Crippen LogP contribution < -0.4 is 5.32 Å². The second kappa shape index (κ2) is 5.98. The summed E-state index contributed by atoms with van der Waals surface area (Å²) >= 11 is 0. The molecule has 0 saturated carbocycles. The predicted molar refractivity (Wildman–Crippen MR) is 70.0 cm³/mol. The molecular formula is C14H16F2N2O2. The van der Waals surface area contributed by atoms with Gasteiger partial charge in [-0.15, -0.1) is 0 Å². The maximum atomic E-state index is 13.5. The number of nitrogens with zero attached hydrogens (tertiary/aromatic N) is 1. The third-order valence-electron chi connectivity index (χ3n) is 3.45. The predicted octanol–water partition coefficient (Wildman–Crippen LogP) is 2.16. The Morgan fingerprint density at radius 3 is 2.55 bits per heavy atom. The zero-order valence-electron chi connectivity index (χ0n) is 11.2. The average molecular weight is 282 g/mol. The van der Waals surface area contributed by atoms with Gasteiger partial charge < -0.3 is 10.2 Å². The van der Waals surface area contributed by atoms with Gasteiger partial charge in [0.1, 0.15) is 17.3 Å². The number of hydrogen-bond acceptors (Lipinski definition) is 2. The van der Waals surface area contributed by atoms with E-state index in [2.05, 4.69) is 5.32 Å². The van der Waals surface area contributed by atoms with Crippen molar-refractivity contribution < 1.29 is 18.4 Å². The molecule has 1 aromatic carbocycles. The van der Waals surface area contributed by atoms with E-state index < -0.39 is 29.1 Å². The first-order chi connectivity index (χ1) is 9.49. The van der Waals surface area contributed by atoms with Crippen molar-refractivity contribution in [1.29, 1.82) is 0 Å². The fourth-order valence-electron chi connectivity index (χ4n) is 2.32. The van der Waals surface area contributed by atoms with Gasteiger partial charge in [0.2, 0.25) is 11.8 Å². The minimum Gasteiger partial charge on any atom is -0.342 e. The maximum Gasteiger partial charge on any atom is 0.229 e. The Balaban J connectivity index is 2.06. The van der Waals surface area contributed by atoms with Gasteiger partial charge in [0.05, 0.1) is 5.92 Å². The monoisotopic (exact) mass is 282 g/mol. The molecule has 1 atom stereocenters. The number of carbonyl (C=O) groups excluding carboxylic acids is 2. The van der Waals surface area contributed by atoms with Crippen LogP contribution >= 0.6 is 0 Å². The van der Waals surface area contributed by atoms with E-state index in [9.17, 15) is 18.4 Å². The van der Waals surface area contributed by atoms with Gasteiger partial charge in [0.15, 0.2) is 0 Å². The number of para-hydroxylation sites is 1. The standard InChI is InChI=1S/C14H16F2N2O2/c1-9(19)18-7-3-4-10(8-18)14(20)17-13-11(15)5-2-6-12(13)16/h2,5-6,10H,3-4,7-8H2,1H3,(H,17,20). The highest BCUT2D eigenvalue weighted by Crippen LogP contribution is 2.22. The third kappa shape index (κ3) is 3.12. The zero-order valence-corrected chi connectivity index (χ0v) is 11.2. The lowest BCUT2D eigenvalue weighted by atomic mass is 9.97. The quantitative estimate of drug-likeness (QED) is 0.903. The lowest BCUT2D eigenvalue weighted by Crippen LogP contribution is -2.42. The van der Waals surface area contributed by atoms with Crippen molar-refractivity contribution in [2.75, 3.05) is 18.4 Å². The fraction of sp³-hybridized carbons (Fsp3) is 0.429. The molecule has 2 amide bonds. The maximum absolute atomic E-state index is 13.5. The first-order valence-electron chi connectivity index (χ1n) is 6.49. The summed E-state index contributed by atoms with van der Waals surface area (Å²) in [7, 11) is 0. The number of hydrogen-bond donors (Lipinski definition) is 1. The van der Waals surface area contributed by atoms with Gasteiger partial charge in [-0.2, -0.15) is 0 Å². The molecule has 20 heavy (non-hydrogen) atoms. The highest BCUT2D eigenvalue weighted by Gasteiger charge is 2.28. The molecule has 0 spiro atoms. The van der Waals surface area contributed by atoms with Gasteiger partial charge in [0, 0.05) is 20.0 Å². The van der Waals surface area contributed by atoms with Crippen molar-refractivity contribution in [2.45, 2.75) is 19.8 Å². The average Bonchev–Trinajstić information content (AvgIpc) is 2.43. The van der Waals surface area contributed by atoms with Crippen LogP contribution in [-0.2, 0) is 9.59 Å². The van der Waals surface area contributed by atoms with Crippen molar-refractivity contribution in [3.63, 3.8) is 0 Å². The summed E-state index contributed by atoms with van der Waals surface area (Å²) in [6.45, 7) is 2.35. The smallest absolute Gasteiger partial charge is 0.229 e. The first-order valence-corrected chi connectivity index (χ1v) is 6.49. The minimum atomic E-state index is -0.808. The molecule has 1 fully saturated rings. The number of halogens is 2. The number of rotatable bonds is 2. The van der Waals surface area contributed by atoms with Crippen LogP contribution in [0.5, 0.6) is 0 Å². The highest BCUT2D eigenvalue weighted by atomic mass is 19.1. The summed E-state index contributed by atoms with van der Waals surface area (Å²) in [5.41, 5.74) is -0.433. The molecule has 4 nitrogen and oxygen atoms in total. The van der Waals surface area contributed by atoms with Crippen LogP contribution in [0.15, 0.2) is 18.2 Å². The van der Waals surface area contributed by atoms with Crippen LogP contribution in [0, 0.1) is 17.6 Å². The molecule has 0 aromatic heterocycles. The number of anilines is 1. The van der Waals surface area contributed by atoms with Crippen LogP contribution in [-0.4, -0.2) is 29.8 Å². The molecule has 1 aromatic rings. The van der Waals surface area contributed by atoms with Crippen LogP contribution in [0.1, 0.15) is 19.8 Å². The molecule has 0 bridgehead atoms. The minimum absolute atomic E-state index is 0.0976. The van der Waals surface area contributed by atoms with Gasteiger partial charge in [0.25, 0.3) is 0 Å². The van der Waals surface area contributed by atoms with Gasteiger partial charge in [-0.3, -0.25) is 9.59 Å². The van der Waals surface area contributed by atoms with Gasteiger partial charge >= 0.3 is 0 Å². The number of amides is 2. The molecule has 6 heteroatoms. The fourth-order valence-corrected chi connectivity index (χ4v) is 2.32. The van der Waals surface area contributed by atoms with Crippen LogP contribution in [0.2, 0.25) is 0 Å². The molecule has 1 saturated heterocycles. The second-order valence-electron chi connectivity index (χ2n) is 4.89. The lowest BCUT2D eigenvalue weighted by molar-refractivity contribution is -0.132. The summed E-state index contributed by atoms with van der Waals surface area (Å²) in [6.07, 6.45) is 1.31. The Hall–Kier alpha value is -1.98. The number of piperidine rings is 1. The van der Waals surface area contributed by atoms with Crippen molar-refractivity contribution in [2.24, 2.45) is 5.92 Å². The third-order valence-corrected chi connectivity index (χ3v) is 3.45. The molecule has 1 aliphatic heterocycles. The molecule has 1 aliphatic rings. The van der Waals surface area contributed by atoms with Crippen molar-refractivity contribution in [3.8, 4) is 0 Å². The molecule has 0 radical (unpaired) electrons. The van der Waals surface area contributed by atoms with Crippen molar-refractivity contribution in [3.05, 3.63) is 29.8 Å². The first kappa shape index (κ1) is 14.4. The summed E-state index contributed by atoms with van der Waals surface area (Å²) < 4.78 is 26.9. The van der Waals surface area contributed by atoms with E-state index in [1.54, 1.807) is 4.90 Å². The van der Waals surface area contributed by atoms with Gasteiger partial charge in [-0.25, -0.2) is 8.78 Å². The van der Waals surface area contributed by atoms with E-state index in [0.717, 1.165) is 12.1 Å². The number of benzene rings is 1. The van der Waals surface area contributed by atoms with Crippen molar-refractivity contribution >= 4 is 17.5 Å². The summed E-state index contributed by atoms with van der Waals surface area (Å²) in [5.74, 6) is -2.61. The van der Waals surface area contributed by atoms with E-state index in [-0.39, 0.29) is 12.5 Å². The van der Waals surface area contributed by atoms with E-state index >= 15 is 0 Å². The number of carbonyl (C=O) groups is 2. The molecule has 2 rings (SSSR count).